The second-order valence-corrected chi connectivity index (χ2v) is 13.1. The molecule has 0 aromatic heterocycles. The van der Waals surface area contributed by atoms with Crippen LogP contribution in [0.3, 0.4) is 0 Å². The Morgan fingerprint density at radius 3 is 2.59 bits per heavy atom. The highest BCUT2D eigenvalue weighted by atomic mass is 35.5. The van der Waals surface area contributed by atoms with Gasteiger partial charge in [-0.15, -0.1) is 13.2 Å². The van der Waals surface area contributed by atoms with Crippen LogP contribution in [0.4, 0.5) is 5.69 Å². The van der Waals surface area contributed by atoms with Gasteiger partial charge in [-0.1, -0.05) is 66.2 Å². The van der Waals surface area contributed by atoms with E-state index in [4.69, 9.17) is 25.8 Å². The summed E-state index contributed by atoms with van der Waals surface area (Å²) in [6.07, 6.45) is 3.03. The first-order valence-electron chi connectivity index (χ1n) is 16.5. The average molecular weight is 694 g/mol. The van der Waals surface area contributed by atoms with Crippen molar-refractivity contribution in [1.82, 2.24) is 10.2 Å². The molecule has 3 aliphatic rings. The predicted octanol–water partition coefficient (Wildman–Crippen LogP) is 3.92. The zero-order valence-electron chi connectivity index (χ0n) is 27.9. The van der Waals surface area contributed by atoms with Gasteiger partial charge in [-0.25, -0.2) is 0 Å². The van der Waals surface area contributed by atoms with Gasteiger partial charge in [-0.2, -0.15) is 0 Å². The predicted molar refractivity (Wildman–Crippen MR) is 184 cm³/mol. The third-order valence-electron chi connectivity index (χ3n) is 9.69. The van der Waals surface area contributed by atoms with Crippen LogP contribution in [-0.4, -0.2) is 90.9 Å². The number of likely N-dealkylation sites (tertiary alicyclic amines) is 1. The summed E-state index contributed by atoms with van der Waals surface area (Å²) in [5.74, 6) is -3.90. The number of carbonyl (C=O) groups is 4. The maximum atomic E-state index is 14.7. The Hall–Kier alpha value is -4.03. The van der Waals surface area contributed by atoms with Gasteiger partial charge in [-0.05, 0) is 43.4 Å². The van der Waals surface area contributed by atoms with E-state index in [9.17, 15) is 24.3 Å². The molecule has 0 saturated carbocycles. The molecule has 3 saturated heterocycles. The molecule has 0 unspecified atom stereocenters. The van der Waals surface area contributed by atoms with Crippen molar-refractivity contribution in [2.24, 2.45) is 11.8 Å². The molecule has 49 heavy (non-hydrogen) atoms. The summed E-state index contributed by atoms with van der Waals surface area (Å²) in [4.78, 5) is 58.9. The number of aryl methyl sites for hydroxylation is 1. The second kappa shape index (κ2) is 15.7. The van der Waals surface area contributed by atoms with Crippen molar-refractivity contribution in [3.8, 4) is 0 Å². The lowest BCUT2D eigenvalue weighted by molar-refractivity contribution is -0.163. The van der Waals surface area contributed by atoms with Crippen LogP contribution in [-0.2, 0) is 33.4 Å². The summed E-state index contributed by atoms with van der Waals surface area (Å²) in [7, 11) is 1.49. The number of hydrogen-bond acceptors (Lipinski definition) is 8. The lowest BCUT2D eigenvalue weighted by Gasteiger charge is -2.37. The number of nitrogens with zero attached hydrogens (tertiary/aromatic N) is 2. The quantitative estimate of drug-likeness (QED) is 0.200. The van der Waals surface area contributed by atoms with Crippen molar-refractivity contribution in [3.05, 3.63) is 90.0 Å². The number of carbonyl (C=O) groups excluding carboxylic acids is 4. The number of para-hydroxylation sites is 1. The molecule has 3 amide bonds. The third kappa shape index (κ3) is 6.90. The van der Waals surface area contributed by atoms with Gasteiger partial charge in [0, 0.05) is 26.6 Å². The van der Waals surface area contributed by atoms with Crippen molar-refractivity contribution >= 4 is 41.0 Å². The van der Waals surface area contributed by atoms with Crippen LogP contribution < -0.4 is 10.2 Å². The molecule has 1 spiro atoms. The molecule has 3 heterocycles. The monoisotopic (exact) mass is 693 g/mol. The normalized spacial score (nSPS) is 25.0. The smallest absolute Gasteiger partial charge is 0.313 e. The first kappa shape index (κ1) is 36.3. The molecule has 2 aromatic rings. The van der Waals surface area contributed by atoms with Gasteiger partial charge in [0.2, 0.25) is 11.8 Å². The number of aliphatic hydroxyl groups excluding tert-OH is 1. The van der Waals surface area contributed by atoms with Crippen LogP contribution in [0.5, 0.6) is 0 Å². The molecule has 3 fully saturated rings. The van der Waals surface area contributed by atoms with E-state index >= 15 is 0 Å². The van der Waals surface area contributed by atoms with Crippen LogP contribution in [0, 0.1) is 18.8 Å². The first-order chi connectivity index (χ1) is 23.6. The van der Waals surface area contributed by atoms with E-state index in [1.54, 1.807) is 48.6 Å². The topological polar surface area (TPSA) is 135 Å². The number of nitrogens with one attached hydrogen (secondary N) is 1. The Balaban J connectivity index is 1.49. The SMILES string of the molecule is C=CCCC(=O)N[C@H](COC)[C@H](OC(=O)[C@@H]1[C@@H]2CC[C@]3(O2)[C@H](C(=O)N(CC=C)c2c(C)cccc2Cl)N(CCO)C(=O)[C@@H]13)c1ccccc1. The van der Waals surface area contributed by atoms with Gasteiger partial charge >= 0.3 is 5.97 Å². The minimum atomic E-state index is -1.33. The highest BCUT2D eigenvalue weighted by Gasteiger charge is 2.75. The summed E-state index contributed by atoms with van der Waals surface area (Å²) in [5.41, 5.74) is 0.531. The van der Waals surface area contributed by atoms with Gasteiger partial charge in [0.1, 0.15) is 17.7 Å². The van der Waals surface area contributed by atoms with Gasteiger partial charge in [0.25, 0.3) is 5.91 Å². The standard InChI is InChI=1S/C37H44ClN3O8/c1-5-7-16-28(43)39-26(22-47-4)32(24-13-9-8-10-14-24)48-36(46)29-27-17-18-37(49-27)30(29)34(44)41(20-21-42)33(37)35(45)40(19-6-2)31-23(3)12-11-15-25(31)38/h5-6,8-15,26-27,29-30,32-33,42H,1-2,7,16-22H2,3-4H3,(H,39,43)/t26-,27+,29-,30-,32-,33+,37-/m1/s1. The van der Waals surface area contributed by atoms with Crippen LogP contribution in [0.15, 0.2) is 73.8 Å². The minimum absolute atomic E-state index is 0.0466. The highest BCUT2D eigenvalue weighted by molar-refractivity contribution is 6.34. The summed E-state index contributed by atoms with van der Waals surface area (Å²) < 4.78 is 18.3. The zero-order chi connectivity index (χ0) is 35.3. The number of β-amino-alcohol motifs (C(OH)–C–C–N with tert-alkyl or cyclic N) is 1. The molecule has 2 N–H and O–H groups in total. The van der Waals surface area contributed by atoms with Gasteiger partial charge in [0.15, 0.2) is 0 Å². The molecule has 2 bridgehead atoms. The Bertz CT molecular complexity index is 1550. The Morgan fingerprint density at radius 2 is 1.94 bits per heavy atom. The van der Waals surface area contributed by atoms with E-state index in [1.165, 1.54) is 16.9 Å². The largest absolute Gasteiger partial charge is 0.455 e. The molecule has 12 heteroatoms. The Labute approximate surface area is 291 Å². The van der Waals surface area contributed by atoms with Crippen LogP contribution in [0.25, 0.3) is 0 Å². The fourth-order valence-electron chi connectivity index (χ4n) is 7.71. The van der Waals surface area contributed by atoms with E-state index in [1.807, 2.05) is 19.1 Å². The molecule has 0 aliphatic carbocycles. The van der Waals surface area contributed by atoms with Gasteiger partial charge < -0.3 is 34.4 Å². The number of methoxy groups -OCH3 is 1. The van der Waals surface area contributed by atoms with Crippen molar-refractivity contribution in [2.75, 3.05) is 38.3 Å². The molecule has 7 atom stereocenters. The van der Waals surface area contributed by atoms with Gasteiger partial charge in [0.05, 0.1) is 47.9 Å². The third-order valence-corrected chi connectivity index (χ3v) is 9.99. The number of hydrogen-bond donors (Lipinski definition) is 2. The van der Waals surface area contributed by atoms with Gasteiger partial charge in [-0.3, -0.25) is 19.2 Å². The molecular weight excluding hydrogens is 650 g/mol. The van der Waals surface area contributed by atoms with Crippen LogP contribution >= 0.6 is 11.6 Å². The number of allylic oxidation sites excluding steroid dienone is 1. The Morgan fingerprint density at radius 1 is 1.18 bits per heavy atom. The van der Waals surface area contributed by atoms with E-state index in [0.717, 1.165) is 5.56 Å². The number of fused-ring (bicyclic) bond motifs is 1. The molecule has 5 rings (SSSR count). The van der Waals surface area contributed by atoms with Crippen molar-refractivity contribution < 1.29 is 38.5 Å². The van der Waals surface area contributed by atoms with Crippen molar-refractivity contribution in [2.45, 2.75) is 62.5 Å². The molecule has 0 radical (unpaired) electrons. The van der Waals surface area contributed by atoms with E-state index in [0.29, 0.717) is 35.5 Å². The van der Waals surface area contributed by atoms with E-state index in [2.05, 4.69) is 18.5 Å². The van der Waals surface area contributed by atoms with Crippen molar-refractivity contribution in [3.63, 3.8) is 0 Å². The molecular formula is C37H44ClN3O8. The molecule has 262 valence electrons. The summed E-state index contributed by atoms with van der Waals surface area (Å²) in [6.45, 7) is 8.97. The number of aliphatic hydroxyl groups is 1. The molecule has 2 aromatic carbocycles. The maximum Gasteiger partial charge on any atom is 0.313 e. The number of anilines is 1. The summed E-state index contributed by atoms with van der Waals surface area (Å²) >= 11 is 6.61. The number of amides is 3. The van der Waals surface area contributed by atoms with Crippen LogP contribution in [0.1, 0.15) is 42.9 Å². The first-order valence-corrected chi connectivity index (χ1v) is 16.9. The van der Waals surface area contributed by atoms with E-state index in [-0.39, 0.29) is 32.0 Å². The number of halogens is 1. The van der Waals surface area contributed by atoms with Crippen molar-refractivity contribution in [1.29, 1.82) is 0 Å². The summed E-state index contributed by atoms with van der Waals surface area (Å²) in [5, 5.41) is 13.3. The molecule has 11 nitrogen and oxygen atoms in total. The number of benzene rings is 2. The Kier molecular flexibility index (Phi) is 11.6. The number of rotatable bonds is 16. The number of esters is 1. The minimum Gasteiger partial charge on any atom is -0.455 e. The maximum absolute atomic E-state index is 14.7. The highest BCUT2D eigenvalue weighted by Crippen LogP contribution is 2.59. The van der Waals surface area contributed by atoms with Crippen LogP contribution in [0.2, 0.25) is 5.02 Å². The second-order valence-electron chi connectivity index (χ2n) is 12.7. The zero-order valence-corrected chi connectivity index (χ0v) is 28.6. The lowest BCUT2D eigenvalue weighted by Crippen LogP contribution is -2.57. The fourth-order valence-corrected chi connectivity index (χ4v) is 8.03. The lowest BCUT2D eigenvalue weighted by atomic mass is 9.70. The molecule has 3 aliphatic heterocycles. The van der Waals surface area contributed by atoms with E-state index < -0.39 is 66.1 Å². The average Bonchev–Trinajstić information content (AvgIpc) is 3.73. The number of ether oxygens (including phenoxy) is 3. The summed E-state index contributed by atoms with van der Waals surface area (Å²) in [6, 6.07) is 12.4. The fraction of sp³-hybridized carbons (Fsp3) is 0.459.